The molecule has 1 amide bonds. The first kappa shape index (κ1) is 22.5. The predicted molar refractivity (Wildman–Crippen MR) is 132 cm³/mol. The second-order valence-electron chi connectivity index (χ2n) is 8.38. The van der Waals surface area contributed by atoms with E-state index in [1.54, 1.807) is 14.2 Å². The lowest BCUT2D eigenvalue weighted by Crippen LogP contribution is -2.23. The quantitative estimate of drug-likeness (QED) is 0.408. The van der Waals surface area contributed by atoms with Crippen LogP contribution in [0.2, 0.25) is 0 Å². The van der Waals surface area contributed by atoms with Crippen molar-refractivity contribution >= 4 is 16.8 Å². The average Bonchev–Trinajstić information content (AvgIpc) is 3.06. The number of fused-ring (bicyclic) bond motifs is 1. The first-order valence-electron chi connectivity index (χ1n) is 11.1. The molecule has 170 valence electrons. The number of benzene rings is 3. The molecule has 0 aliphatic carbocycles. The van der Waals surface area contributed by atoms with Crippen molar-refractivity contribution in [2.75, 3.05) is 14.2 Å². The largest absolute Gasteiger partial charge is 0.497 e. The summed E-state index contributed by atoms with van der Waals surface area (Å²) in [6.07, 6.45) is 0. The monoisotopic (exact) mass is 442 g/mol. The number of ether oxygens (including phenoxy) is 2. The van der Waals surface area contributed by atoms with Crippen LogP contribution < -0.4 is 14.8 Å². The number of carbonyl (C=O) groups excluding carboxylic acids is 1. The van der Waals surface area contributed by atoms with Crippen LogP contribution in [0.1, 0.15) is 38.3 Å². The van der Waals surface area contributed by atoms with Crippen LogP contribution in [-0.2, 0) is 13.1 Å². The number of aromatic nitrogens is 1. The van der Waals surface area contributed by atoms with Crippen LogP contribution in [0, 0.1) is 20.8 Å². The molecule has 0 aliphatic rings. The molecule has 0 fully saturated rings. The van der Waals surface area contributed by atoms with Crippen LogP contribution in [0.25, 0.3) is 10.9 Å². The fourth-order valence-corrected chi connectivity index (χ4v) is 4.29. The van der Waals surface area contributed by atoms with Gasteiger partial charge in [-0.25, -0.2) is 0 Å². The number of carbonyl (C=O) groups is 1. The van der Waals surface area contributed by atoms with Crippen LogP contribution in [0.5, 0.6) is 11.5 Å². The van der Waals surface area contributed by atoms with Crippen LogP contribution in [-0.4, -0.2) is 24.7 Å². The van der Waals surface area contributed by atoms with Crippen LogP contribution >= 0.6 is 0 Å². The normalized spacial score (nSPS) is 10.9. The highest BCUT2D eigenvalue weighted by Crippen LogP contribution is 2.28. The predicted octanol–water partition coefficient (Wildman–Crippen LogP) is 5.56. The van der Waals surface area contributed by atoms with Gasteiger partial charge in [-0.05, 0) is 68.3 Å². The lowest BCUT2D eigenvalue weighted by atomic mass is 10.1. The zero-order chi connectivity index (χ0) is 23.5. The highest BCUT2D eigenvalue weighted by atomic mass is 16.5. The summed E-state index contributed by atoms with van der Waals surface area (Å²) in [5.41, 5.74) is 7.57. The Morgan fingerprint density at radius 2 is 1.76 bits per heavy atom. The van der Waals surface area contributed by atoms with E-state index in [2.05, 4.69) is 54.9 Å². The standard InChI is InChI=1S/C28H30N2O3/c1-18-7-6-8-21(13-18)17-30-20(3)19(2)25-15-22(9-11-26(25)30)28(31)29-16-23-14-24(32-4)10-12-27(23)33-5/h6-15H,16-17H2,1-5H3,(H,29,31). The van der Waals surface area contributed by atoms with E-state index in [1.807, 2.05) is 36.4 Å². The molecule has 4 rings (SSSR count). The van der Waals surface area contributed by atoms with Crippen molar-refractivity contribution in [3.63, 3.8) is 0 Å². The smallest absolute Gasteiger partial charge is 0.251 e. The number of nitrogens with one attached hydrogen (secondary N) is 1. The minimum atomic E-state index is -0.120. The molecule has 4 aromatic rings. The number of methoxy groups -OCH3 is 2. The highest BCUT2D eigenvalue weighted by molar-refractivity contribution is 5.99. The van der Waals surface area contributed by atoms with Gasteiger partial charge < -0.3 is 19.4 Å². The van der Waals surface area contributed by atoms with E-state index in [0.29, 0.717) is 17.9 Å². The van der Waals surface area contributed by atoms with Crippen LogP contribution in [0.4, 0.5) is 0 Å². The minimum Gasteiger partial charge on any atom is -0.497 e. The number of amides is 1. The molecule has 0 saturated carbocycles. The Balaban J connectivity index is 1.58. The van der Waals surface area contributed by atoms with Gasteiger partial charge in [-0.15, -0.1) is 0 Å². The molecule has 33 heavy (non-hydrogen) atoms. The molecule has 0 aliphatic heterocycles. The van der Waals surface area contributed by atoms with Crippen molar-refractivity contribution < 1.29 is 14.3 Å². The van der Waals surface area contributed by atoms with Crippen molar-refractivity contribution in [3.8, 4) is 11.5 Å². The number of rotatable bonds is 7. The van der Waals surface area contributed by atoms with Crippen molar-refractivity contribution in [3.05, 3.63) is 94.2 Å². The van der Waals surface area contributed by atoms with Gasteiger partial charge in [-0.3, -0.25) is 4.79 Å². The third kappa shape index (κ3) is 4.58. The first-order valence-corrected chi connectivity index (χ1v) is 11.1. The summed E-state index contributed by atoms with van der Waals surface area (Å²) in [6.45, 7) is 7.52. The molecule has 1 N–H and O–H groups in total. The van der Waals surface area contributed by atoms with Gasteiger partial charge in [-0.1, -0.05) is 29.8 Å². The van der Waals surface area contributed by atoms with Crippen molar-refractivity contribution in [1.82, 2.24) is 9.88 Å². The first-order chi connectivity index (χ1) is 15.9. The second-order valence-corrected chi connectivity index (χ2v) is 8.38. The highest BCUT2D eigenvalue weighted by Gasteiger charge is 2.15. The third-order valence-corrected chi connectivity index (χ3v) is 6.25. The summed E-state index contributed by atoms with van der Waals surface area (Å²) in [5, 5.41) is 4.12. The van der Waals surface area contributed by atoms with E-state index in [-0.39, 0.29) is 5.91 Å². The lowest BCUT2D eigenvalue weighted by molar-refractivity contribution is 0.0950. The number of hydrogen-bond donors (Lipinski definition) is 1. The van der Waals surface area contributed by atoms with Crippen molar-refractivity contribution in [2.45, 2.75) is 33.9 Å². The van der Waals surface area contributed by atoms with Gasteiger partial charge in [0.25, 0.3) is 5.91 Å². The molecule has 3 aromatic carbocycles. The molecule has 0 atom stereocenters. The van der Waals surface area contributed by atoms with E-state index < -0.39 is 0 Å². The Hall–Kier alpha value is -3.73. The number of hydrogen-bond acceptors (Lipinski definition) is 3. The summed E-state index contributed by atoms with van der Waals surface area (Å²) < 4.78 is 13.0. The Kier molecular flexibility index (Phi) is 6.40. The Morgan fingerprint density at radius 1 is 0.939 bits per heavy atom. The maximum absolute atomic E-state index is 13.0. The molecular weight excluding hydrogens is 412 g/mol. The maximum Gasteiger partial charge on any atom is 0.251 e. The van der Waals surface area contributed by atoms with Gasteiger partial charge in [0.05, 0.1) is 14.2 Å². The Morgan fingerprint density at radius 3 is 2.48 bits per heavy atom. The van der Waals surface area contributed by atoms with E-state index in [0.717, 1.165) is 28.8 Å². The number of nitrogens with zero attached hydrogens (tertiary/aromatic N) is 1. The molecule has 1 aromatic heterocycles. The fraction of sp³-hybridized carbons (Fsp3) is 0.250. The van der Waals surface area contributed by atoms with Crippen molar-refractivity contribution in [2.24, 2.45) is 0 Å². The topological polar surface area (TPSA) is 52.5 Å². The Bertz CT molecular complexity index is 1320. The van der Waals surface area contributed by atoms with Crippen molar-refractivity contribution in [1.29, 1.82) is 0 Å². The molecule has 1 heterocycles. The van der Waals surface area contributed by atoms with E-state index >= 15 is 0 Å². The number of aryl methyl sites for hydroxylation is 2. The van der Waals surface area contributed by atoms with E-state index in [9.17, 15) is 4.79 Å². The van der Waals surface area contributed by atoms with Gasteiger partial charge in [0, 0.05) is 40.8 Å². The molecule has 0 radical (unpaired) electrons. The van der Waals surface area contributed by atoms with Crippen LogP contribution in [0.15, 0.2) is 60.7 Å². The fourth-order valence-electron chi connectivity index (χ4n) is 4.29. The molecule has 0 bridgehead atoms. The molecular formula is C28H30N2O3. The summed E-state index contributed by atoms with van der Waals surface area (Å²) in [5.74, 6) is 1.32. The zero-order valence-electron chi connectivity index (χ0n) is 19.9. The van der Waals surface area contributed by atoms with E-state index in [1.165, 1.54) is 22.4 Å². The molecule has 0 saturated heterocycles. The molecule has 5 nitrogen and oxygen atoms in total. The van der Waals surface area contributed by atoms with Gasteiger partial charge in [0.2, 0.25) is 0 Å². The summed E-state index contributed by atoms with van der Waals surface area (Å²) in [4.78, 5) is 13.0. The van der Waals surface area contributed by atoms with Gasteiger partial charge in [-0.2, -0.15) is 0 Å². The van der Waals surface area contributed by atoms with Crippen LogP contribution in [0.3, 0.4) is 0 Å². The maximum atomic E-state index is 13.0. The minimum absolute atomic E-state index is 0.120. The summed E-state index contributed by atoms with van der Waals surface area (Å²) in [6, 6.07) is 20.1. The molecule has 0 spiro atoms. The average molecular weight is 443 g/mol. The van der Waals surface area contributed by atoms with E-state index in [4.69, 9.17) is 9.47 Å². The molecule has 0 unspecified atom stereocenters. The third-order valence-electron chi connectivity index (χ3n) is 6.25. The summed E-state index contributed by atoms with van der Waals surface area (Å²) >= 11 is 0. The SMILES string of the molecule is COc1ccc(OC)c(CNC(=O)c2ccc3c(c2)c(C)c(C)n3Cc2cccc(C)c2)c1. The van der Waals surface area contributed by atoms with Gasteiger partial charge in [0.1, 0.15) is 11.5 Å². The van der Waals surface area contributed by atoms with Gasteiger partial charge >= 0.3 is 0 Å². The Labute approximate surface area is 195 Å². The lowest BCUT2D eigenvalue weighted by Gasteiger charge is -2.12. The zero-order valence-corrected chi connectivity index (χ0v) is 19.9. The summed E-state index contributed by atoms with van der Waals surface area (Å²) in [7, 11) is 3.24. The van der Waals surface area contributed by atoms with Gasteiger partial charge in [0.15, 0.2) is 0 Å². The second kappa shape index (κ2) is 9.41. The molecule has 5 heteroatoms.